The third-order valence-corrected chi connectivity index (χ3v) is 1.61. The van der Waals surface area contributed by atoms with Gasteiger partial charge in [-0.15, -0.1) is 0 Å². The highest BCUT2D eigenvalue weighted by atomic mass is 32.2. The fraction of sp³-hybridized carbons (Fsp3) is 0.500. The van der Waals surface area contributed by atoms with E-state index in [1.807, 2.05) is 0 Å². The van der Waals surface area contributed by atoms with E-state index in [0.717, 1.165) is 0 Å². The lowest BCUT2D eigenvalue weighted by Crippen LogP contribution is -2.37. The van der Waals surface area contributed by atoms with Crippen LogP contribution in [0.4, 0.5) is 13.3 Å². The minimum Gasteiger partial charge on any atom is -0.476 e. The van der Waals surface area contributed by atoms with Gasteiger partial charge >= 0.3 is 21.3 Å². The molecule has 0 amide bonds. The van der Waals surface area contributed by atoms with Gasteiger partial charge in [-0.25, -0.2) is 4.79 Å². The molecule has 0 atom stereocenters. The van der Waals surface area contributed by atoms with Crippen LogP contribution in [-0.4, -0.2) is 24.7 Å². The molecule has 0 spiro atoms. The molecule has 1 N–H and O–H groups in total. The zero-order valence-corrected chi connectivity index (χ0v) is 5.44. The van der Waals surface area contributed by atoms with Gasteiger partial charge in [-0.05, 0) is 4.53 Å². The maximum Gasteiger partial charge on any atom is 0.468 e. The summed E-state index contributed by atoms with van der Waals surface area (Å²) in [5.74, 6) is -3.00. The van der Waals surface area contributed by atoms with E-state index in [2.05, 4.69) is 0 Å². The lowest BCUT2D eigenvalue weighted by molar-refractivity contribution is -0.156. The molecule has 0 aliphatic carbocycles. The summed E-state index contributed by atoms with van der Waals surface area (Å²) in [6.07, 6.45) is 0. The number of hydrogen-bond acceptors (Lipinski definition) is 4. The van der Waals surface area contributed by atoms with Gasteiger partial charge in [0.15, 0.2) is 0 Å². The molecule has 0 saturated carbocycles. The van der Waals surface area contributed by atoms with Crippen LogP contribution in [0.25, 0.3) is 0 Å². The van der Waals surface area contributed by atoms with E-state index in [0.29, 0.717) is 0 Å². The van der Waals surface area contributed by atoms with Crippen molar-refractivity contribution in [1.29, 1.82) is 0 Å². The number of carbonyl (C=O) groups is 1. The molecule has 9 heteroatoms. The number of aliphatic carboxylic acids is 1. The first kappa shape index (κ1) is 10.2. The summed E-state index contributed by atoms with van der Waals surface area (Å²) in [6.45, 7) is 0. The standard InChI is InChI=1S/C2HF3O5S/c3-2(4,1(6)7)11(8,9)10-5/h(H,6,7). The molecule has 0 fully saturated rings. The molecular formula is C2HF3O5S. The Morgan fingerprint density at radius 1 is 1.45 bits per heavy atom. The summed E-state index contributed by atoms with van der Waals surface area (Å²) in [4.78, 5) is 9.45. The highest BCUT2D eigenvalue weighted by molar-refractivity contribution is 7.88. The molecule has 0 aromatic rings. The fourth-order valence-corrected chi connectivity index (χ4v) is 0.439. The van der Waals surface area contributed by atoms with Gasteiger partial charge in [0.25, 0.3) is 0 Å². The highest BCUT2D eigenvalue weighted by Crippen LogP contribution is 2.23. The van der Waals surface area contributed by atoms with Crippen LogP contribution in [0.5, 0.6) is 0 Å². The third-order valence-electron chi connectivity index (χ3n) is 0.646. The molecule has 0 bridgehead atoms. The molecule has 0 aromatic carbocycles. The monoisotopic (exact) mass is 194 g/mol. The predicted molar refractivity (Wildman–Crippen MR) is 23.7 cm³/mol. The zero-order valence-electron chi connectivity index (χ0n) is 4.62. The van der Waals surface area contributed by atoms with E-state index < -0.39 is 21.3 Å². The first-order valence-corrected chi connectivity index (χ1v) is 3.32. The van der Waals surface area contributed by atoms with Crippen molar-refractivity contribution in [3.8, 4) is 0 Å². The van der Waals surface area contributed by atoms with Crippen LogP contribution in [0.1, 0.15) is 0 Å². The number of rotatable bonds is 3. The van der Waals surface area contributed by atoms with Crippen molar-refractivity contribution in [1.82, 2.24) is 0 Å². The van der Waals surface area contributed by atoms with Gasteiger partial charge in [0, 0.05) is 0 Å². The van der Waals surface area contributed by atoms with Crippen molar-refractivity contribution in [2.45, 2.75) is 5.25 Å². The molecule has 0 saturated heterocycles. The van der Waals surface area contributed by atoms with Gasteiger partial charge in [-0.1, -0.05) is 4.39 Å². The van der Waals surface area contributed by atoms with E-state index in [1.54, 1.807) is 4.39 Å². The fourth-order valence-electron chi connectivity index (χ4n) is 0.146. The Labute approximate surface area is 58.4 Å². The second kappa shape index (κ2) is 2.66. The van der Waals surface area contributed by atoms with Crippen LogP contribution in [0.15, 0.2) is 0 Å². The summed E-state index contributed by atoms with van der Waals surface area (Å²) in [5, 5.41) is 2.27. The van der Waals surface area contributed by atoms with E-state index >= 15 is 0 Å². The Balaban J connectivity index is 5.01. The lowest BCUT2D eigenvalue weighted by Gasteiger charge is -2.05. The largest absolute Gasteiger partial charge is 0.476 e. The average Bonchev–Trinajstić information content (AvgIpc) is 1.87. The van der Waals surface area contributed by atoms with Gasteiger partial charge in [0.2, 0.25) is 0 Å². The van der Waals surface area contributed by atoms with Crippen LogP contribution >= 0.6 is 0 Å². The van der Waals surface area contributed by atoms with Crippen molar-refractivity contribution >= 4 is 16.1 Å². The molecule has 0 aromatic heterocycles. The second-order valence-electron chi connectivity index (χ2n) is 1.34. The summed E-state index contributed by atoms with van der Waals surface area (Å²) in [5.41, 5.74) is 0. The first-order valence-electron chi connectivity index (χ1n) is 1.91. The van der Waals surface area contributed by atoms with Crippen LogP contribution in [-0.2, 0) is 19.3 Å². The Morgan fingerprint density at radius 2 is 1.82 bits per heavy atom. The summed E-state index contributed by atoms with van der Waals surface area (Å²) < 4.78 is 55.6. The predicted octanol–water partition coefficient (Wildman–Crippen LogP) is -0.105. The van der Waals surface area contributed by atoms with Crippen LogP contribution in [0.3, 0.4) is 0 Å². The minimum absolute atomic E-state index is 1.81. The Kier molecular flexibility index (Phi) is 2.46. The van der Waals surface area contributed by atoms with Gasteiger partial charge in [0.05, 0.1) is 0 Å². The van der Waals surface area contributed by atoms with Crippen LogP contribution < -0.4 is 0 Å². The molecule has 0 radical (unpaired) electrons. The minimum atomic E-state index is -6.00. The van der Waals surface area contributed by atoms with Crippen molar-refractivity contribution in [2.24, 2.45) is 0 Å². The van der Waals surface area contributed by atoms with Crippen LogP contribution in [0.2, 0.25) is 0 Å². The molecule has 0 unspecified atom stereocenters. The van der Waals surface area contributed by atoms with Gasteiger partial charge in [-0.3, -0.25) is 0 Å². The van der Waals surface area contributed by atoms with Crippen LogP contribution in [0, 0.1) is 0 Å². The Morgan fingerprint density at radius 3 is 1.91 bits per heavy atom. The van der Waals surface area contributed by atoms with Crippen molar-refractivity contribution in [3.63, 3.8) is 0 Å². The van der Waals surface area contributed by atoms with E-state index in [4.69, 9.17) is 5.11 Å². The summed E-state index contributed by atoms with van der Waals surface area (Å²) in [6, 6.07) is 0. The maximum absolute atomic E-state index is 11.8. The SMILES string of the molecule is O=C(O)C(F)(F)S(=O)(=O)OF. The van der Waals surface area contributed by atoms with Gasteiger partial charge < -0.3 is 5.11 Å². The quantitative estimate of drug-likeness (QED) is 0.678. The van der Waals surface area contributed by atoms with Gasteiger partial charge in [-0.2, -0.15) is 17.2 Å². The normalized spacial score (nSPS) is 13.0. The Bertz CT molecular complexity index is 255. The molecule has 0 aliphatic rings. The van der Waals surface area contributed by atoms with E-state index in [1.165, 1.54) is 0 Å². The number of hydrogen-bond donors (Lipinski definition) is 1. The maximum atomic E-state index is 11.8. The van der Waals surface area contributed by atoms with E-state index in [-0.39, 0.29) is 0 Å². The highest BCUT2D eigenvalue weighted by Gasteiger charge is 2.55. The van der Waals surface area contributed by atoms with Gasteiger partial charge in [0.1, 0.15) is 0 Å². The average molecular weight is 194 g/mol. The number of carboxylic acid groups (broad SMARTS) is 1. The third kappa shape index (κ3) is 1.60. The molecule has 66 valence electrons. The zero-order chi connectivity index (χ0) is 9.28. The summed E-state index contributed by atoms with van der Waals surface area (Å²) in [7, 11) is -6.00. The topological polar surface area (TPSA) is 80.7 Å². The van der Waals surface area contributed by atoms with Crippen molar-refractivity contribution < 1.29 is 36.0 Å². The number of halogens is 3. The lowest BCUT2D eigenvalue weighted by atomic mass is 10.7. The molecule has 0 aliphatic heterocycles. The first-order chi connectivity index (χ1) is 4.75. The number of alkyl halides is 2. The smallest absolute Gasteiger partial charge is 0.468 e. The van der Waals surface area contributed by atoms with Crippen molar-refractivity contribution in [2.75, 3.05) is 0 Å². The van der Waals surface area contributed by atoms with Crippen molar-refractivity contribution in [3.05, 3.63) is 0 Å². The number of carboxylic acids is 1. The molecule has 5 nitrogen and oxygen atoms in total. The molecular weight excluding hydrogens is 193 g/mol. The van der Waals surface area contributed by atoms with E-state index in [9.17, 15) is 26.5 Å². The summed E-state index contributed by atoms with van der Waals surface area (Å²) >= 11 is 0. The Hall–Kier alpha value is -0.830. The second-order valence-corrected chi connectivity index (χ2v) is 2.89. The molecule has 0 rings (SSSR count). The molecule has 0 heterocycles. The molecule has 11 heavy (non-hydrogen) atoms.